The van der Waals surface area contributed by atoms with Crippen molar-refractivity contribution in [3.05, 3.63) is 58.8 Å². The van der Waals surface area contributed by atoms with Crippen molar-refractivity contribution >= 4 is 23.1 Å². The maximum atomic E-state index is 11.4. The molecule has 0 saturated carbocycles. The highest BCUT2D eigenvalue weighted by molar-refractivity contribution is 5.72. The summed E-state index contributed by atoms with van der Waals surface area (Å²) in [6.07, 6.45) is 1.64. The lowest BCUT2D eigenvalue weighted by molar-refractivity contribution is -0.384. The quantitative estimate of drug-likeness (QED) is 0.388. The van der Waals surface area contributed by atoms with Crippen LogP contribution >= 0.6 is 0 Å². The zero-order chi connectivity index (χ0) is 20.8. The number of hydrogen-bond donors (Lipinski definition) is 3. The van der Waals surface area contributed by atoms with Gasteiger partial charge in [-0.2, -0.15) is 4.98 Å². The molecule has 0 fully saturated rings. The van der Waals surface area contributed by atoms with Gasteiger partial charge in [0, 0.05) is 18.3 Å². The third-order valence-corrected chi connectivity index (χ3v) is 3.97. The van der Waals surface area contributed by atoms with E-state index in [1.807, 2.05) is 6.07 Å². The number of rotatable bonds is 8. The monoisotopic (exact) mass is 396 g/mol. The number of benzene rings is 1. The van der Waals surface area contributed by atoms with E-state index in [9.17, 15) is 15.2 Å². The van der Waals surface area contributed by atoms with E-state index in [1.165, 1.54) is 13.2 Å². The van der Waals surface area contributed by atoms with Crippen molar-refractivity contribution in [2.75, 3.05) is 24.4 Å². The number of hydrogen-bond acceptors (Lipinski definition) is 9. The van der Waals surface area contributed by atoms with Crippen molar-refractivity contribution < 1.29 is 14.8 Å². The van der Waals surface area contributed by atoms with E-state index in [0.29, 0.717) is 23.0 Å². The van der Waals surface area contributed by atoms with Crippen LogP contribution in [0.15, 0.2) is 48.7 Å². The maximum Gasteiger partial charge on any atom is 0.296 e. The summed E-state index contributed by atoms with van der Waals surface area (Å²) >= 11 is 0. The van der Waals surface area contributed by atoms with E-state index in [4.69, 9.17) is 4.74 Å². The van der Waals surface area contributed by atoms with E-state index >= 15 is 0 Å². The fraction of sp³-hybridized carbons (Fsp3) is 0.211. The Hall–Kier alpha value is -3.79. The second-order valence-electron chi connectivity index (χ2n) is 6.17. The van der Waals surface area contributed by atoms with Crippen LogP contribution in [-0.2, 0) is 0 Å². The first-order valence-corrected chi connectivity index (χ1v) is 8.77. The van der Waals surface area contributed by atoms with Crippen LogP contribution < -0.4 is 15.4 Å². The summed E-state index contributed by atoms with van der Waals surface area (Å²) in [6, 6.07) is 11.3. The van der Waals surface area contributed by atoms with E-state index in [0.717, 1.165) is 0 Å². The molecule has 0 unspecified atom stereocenters. The minimum absolute atomic E-state index is 0.107. The molecule has 10 heteroatoms. The predicted molar refractivity (Wildman–Crippen MR) is 108 cm³/mol. The molecular weight excluding hydrogens is 376 g/mol. The first-order chi connectivity index (χ1) is 14.0. The van der Waals surface area contributed by atoms with E-state index < -0.39 is 4.92 Å². The minimum Gasteiger partial charge on any atom is -0.496 e. The molecule has 0 bridgehead atoms. The Kier molecular flexibility index (Phi) is 6.15. The number of pyridine rings is 1. The molecule has 3 aromatic rings. The van der Waals surface area contributed by atoms with Crippen molar-refractivity contribution in [1.29, 1.82) is 0 Å². The number of aliphatic hydroxyl groups excluding tert-OH is 1. The molecule has 1 aromatic carbocycles. The number of nitro groups is 1. The fourth-order valence-corrected chi connectivity index (χ4v) is 2.52. The fourth-order valence-electron chi connectivity index (χ4n) is 2.52. The molecule has 10 nitrogen and oxygen atoms in total. The number of methoxy groups -OCH3 is 1. The van der Waals surface area contributed by atoms with Crippen LogP contribution in [0.1, 0.15) is 6.92 Å². The van der Waals surface area contributed by atoms with Gasteiger partial charge < -0.3 is 20.5 Å². The average molecular weight is 396 g/mol. The van der Waals surface area contributed by atoms with Gasteiger partial charge in [-0.05, 0) is 31.2 Å². The molecular formula is C19H20N6O4. The van der Waals surface area contributed by atoms with Gasteiger partial charge >= 0.3 is 0 Å². The number of aromatic nitrogens is 3. The van der Waals surface area contributed by atoms with Crippen LogP contribution in [0, 0.1) is 10.1 Å². The van der Waals surface area contributed by atoms with Gasteiger partial charge in [0.2, 0.25) is 5.95 Å². The molecule has 0 aliphatic carbocycles. The number of nitrogens with one attached hydrogen (secondary N) is 2. The lowest BCUT2D eigenvalue weighted by Crippen LogP contribution is -2.21. The van der Waals surface area contributed by atoms with Crippen LogP contribution in [0.4, 0.5) is 23.1 Å². The third-order valence-electron chi connectivity index (χ3n) is 3.97. The molecule has 0 aliphatic rings. The molecule has 2 heterocycles. The Labute approximate surface area is 166 Å². The molecule has 150 valence electrons. The zero-order valence-corrected chi connectivity index (χ0v) is 15.9. The van der Waals surface area contributed by atoms with Gasteiger partial charge in [0.05, 0.1) is 36.1 Å². The molecule has 0 amide bonds. The lowest BCUT2D eigenvalue weighted by atomic mass is 10.2. The van der Waals surface area contributed by atoms with Gasteiger partial charge in [0.25, 0.3) is 5.69 Å². The minimum atomic E-state index is -0.501. The molecule has 1 atom stereocenters. The topological polar surface area (TPSA) is 135 Å². The summed E-state index contributed by atoms with van der Waals surface area (Å²) in [4.78, 5) is 24.0. The van der Waals surface area contributed by atoms with Crippen LogP contribution in [0.25, 0.3) is 11.4 Å². The van der Waals surface area contributed by atoms with Gasteiger partial charge in [-0.3, -0.25) is 15.1 Å². The molecule has 2 aromatic heterocycles. The summed E-state index contributed by atoms with van der Waals surface area (Å²) in [6.45, 7) is 1.67. The number of aliphatic hydroxyl groups is 1. The first kappa shape index (κ1) is 20.0. The van der Waals surface area contributed by atoms with Crippen molar-refractivity contribution in [1.82, 2.24) is 15.0 Å². The third kappa shape index (κ3) is 4.93. The van der Waals surface area contributed by atoms with Crippen molar-refractivity contribution in [2.24, 2.45) is 0 Å². The highest BCUT2D eigenvalue weighted by Crippen LogP contribution is 2.32. The van der Waals surface area contributed by atoms with Crippen LogP contribution in [0.3, 0.4) is 0 Å². The Balaban J connectivity index is 2.02. The van der Waals surface area contributed by atoms with Gasteiger partial charge in [-0.25, -0.2) is 4.98 Å². The van der Waals surface area contributed by atoms with Crippen molar-refractivity contribution in [3.63, 3.8) is 0 Å². The normalized spacial score (nSPS) is 11.6. The summed E-state index contributed by atoms with van der Waals surface area (Å²) in [5, 5.41) is 26.7. The Morgan fingerprint density at radius 3 is 2.69 bits per heavy atom. The van der Waals surface area contributed by atoms with E-state index in [1.54, 1.807) is 43.5 Å². The molecule has 3 N–H and O–H groups in total. The predicted octanol–water partition coefficient (Wildman–Crippen LogP) is 2.99. The molecule has 0 aliphatic heterocycles. The molecule has 0 spiro atoms. The summed E-state index contributed by atoms with van der Waals surface area (Å²) < 4.78 is 5.06. The van der Waals surface area contributed by atoms with E-state index in [-0.39, 0.29) is 30.0 Å². The standard InChI is InChI=1S/C19H20N6O4/c1-12(11-26)21-19-23-16(14-5-3-4-8-20-14)10-18(24-19)22-15-7-6-13(29-2)9-17(15)25(27)28/h3-10,12,26H,11H2,1-2H3,(H2,21,22,23,24)/t12-/m1/s1. The van der Waals surface area contributed by atoms with Gasteiger partial charge in [-0.1, -0.05) is 6.07 Å². The first-order valence-electron chi connectivity index (χ1n) is 8.77. The van der Waals surface area contributed by atoms with Crippen molar-refractivity contribution in [3.8, 4) is 17.1 Å². The van der Waals surface area contributed by atoms with Gasteiger partial charge in [-0.15, -0.1) is 0 Å². The second kappa shape index (κ2) is 8.93. The Bertz CT molecular complexity index is 999. The van der Waals surface area contributed by atoms with Crippen LogP contribution in [-0.4, -0.2) is 44.7 Å². The largest absolute Gasteiger partial charge is 0.496 e. The Morgan fingerprint density at radius 1 is 1.21 bits per heavy atom. The average Bonchev–Trinajstić information content (AvgIpc) is 2.74. The van der Waals surface area contributed by atoms with Gasteiger partial charge in [0.15, 0.2) is 0 Å². The molecule has 0 saturated heterocycles. The summed E-state index contributed by atoms with van der Waals surface area (Å²) in [5.74, 6) is 0.966. The summed E-state index contributed by atoms with van der Waals surface area (Å²) in [7, 11) is 1.44. The van der Waals surface area contributed by atoms with Crippen molar-refractivity contribution in [2.45, 2.75) is 13.0 Å². The number of anilines is 3. The Morgan fingerprint density at radius 2 is 2.03 bits per heavy atom. The van der Waals surface area contributed by atoms with E-state index in [2.05, 4.69) is 25.6 Å². The maximum absolute atomic E-state index is 11.4. The molecule has 0 radical (unpaired) electrons. The second-order valence-corrected chi connectivity index (χ2v) is 6.17. The number of nitrogens with zero attached hydrogens (tertiary/aromatic N) is 4. The lowest BCUT2D eigenvalue weighted by Gasteiger charge is -2.14. The smallest absolute Gasteiger partial charge is 0.296 e. The zero-order valence-electron chi connectivity index (χ0n) is 15.9. The van der Waals surface area contributed by atoms with Gasteiger partial charge in [0.1, 0.15) is 17.3 Å². The highest BCUT2D eigenvalue weighted by Gasteiger charge is 2.17. The summed E-state index contributed by atoms with van der Waals surface area (Å²) in [5.41, 5.74) is 1.23. The SMILES string of the molecule is COc1ccc(Nc2cc(-c3ccccn3)nc(N[C@H](C)CO)n2)c([N+](=O)[O-])c1. The molecule has 3 rings (SSSR count). The van der Waals surface area contributed by atoms with Crippen LogP contribution in [0.5, 0.6) is 5.75 Å². The highest BCUT2D eigenvalue weighted by atomic mass is 16.6. The van der Waals surface area contributed by atoms with Crippen LogP contribution in [0.2, 0.25) is 0 Å². The number of nitro benzene ring substituents is 1. The number of ether oxygens (including phenoxy) is 1. The molecule has 29 heavy (non-hydrogen) atoms.